The van der Waals surface area contributed by atoms with Crippen molar-refractivity contribution in [2.75, 3.05) is 13.6 Å². The lowest BCUT2D eigenvalue weighted by atomic mass is 9.64. The zero-order chi connectivity index (χ0) is 17.0. The van der Waals surface area contributed by atoms with Crippen molar-refractivity contribution in [3.8, 4) is 0 Å². The molecular weight excluding hydrogens is 323 g/mol. The number of hydrogen-bond donors (Lipinski definition) is 2. The first-order chi connectivity index (χ1) is 11.6. The molecule has 4 nitrogen and oxygen atoms in total. The van der Waals surface area contributed by atoms with Gasteiger partial charge in [0.25, 0.3) is 0 Å². The van der Waals surface area contributed by atoms with Crippen LogP contribution in [0.25, 0.3) is 0 Å². The van der Waals surface area contributed by atoms with Gasteiger partial charge in [0.1, 0.15) is 10.8 Å². The molecule has 0 bridgehead atoms. The van der Waals surface area contributed by atoms with Crippen molar-refractivity contribution in [3.63, 3.8) is 0 Å². The second-order valence-electron chi connectivity index (χ2n) is 6.28. The predicted octanol–water partition coefficient (Wildman–Crippen LogP) is 3.38. The third-order valence-corrected chi connectivity index (χ3v) is 5.57. The van der Waals surface area contributed by atoms with E-state index in [2.05, 4.69) is 27.5 Å². The maximum atomic E-state index is 13.2. The molecule has 1 heterocycles. The Morgan fingerprint density at radius 1 is 1.29 bits per heavy atom. The third-order valence-electron chi connectivity index (χ3n) is 4.66. The first kappa shape index (κ1) is 16.9. The highest BCUT2D eigenvalue weighted by atomic mass is 32.1. The van der Waals surface area contributed by atoms with E-state index in [-0.39, 0.29) is 11.2 Å². The molecule has 3 rings (SSSR count). The van der Waals surface area contributed by atoms with Crippen LogP contribution in [0.4, 0.5) is 4.39 Å². The van der Waals surface area contributed by atoms with Crippen LogP contribution in [0.15, 0.2) is 35.5 Å². The lowest BCUT2D eigenvalue weighted by Crippen LogP contribution is -2.48. The average Bonchev–Trinajstić information content (AvgIpc) is 2.96. The number of nitrogens with one attached hydrogen (secondary N) is 2. The highest BCUT2D eigenvalue weighted by molar-refractivity contribution is 7.11. The summed E-state index contributed by atoms with van der Waals surface area (Å²) in [6.45, 7) is 3.52. The summed E-state index contributed by atoms with van der Waals surface area (Å²) in [5.74, 6) is 0.591. The van der Waals surface area contributed by atoms with Gasteiger partial charge in [-0.2, -0.15) is 0 Å². The van der Waals surface area contributed by atoms with Crippen molar-refractivity contribution in [3.05, 3.63) is 51.7 Å². The SMILES string of the molecule is CN=C(NCc1ncc(C)s1)NCC1(c2ccc(F)cc2)CCC1. The summed E-state index contributed by atoms with van der Waals surface area (Å²) in [5, 5.41) is 7.78. The van der Waals surface area contributed by atoms with Crippen LogP contribution in [0.2, 0.25) is 0 Å². The van der Waals surface area contributed by atoms with Crippen molar-refractivity contribution in [2.45, 2.75) is 38.1 Å². The van der Waals surface area contributed by atoms with E-state index < -0.39 is 0 Å². The van der Waals surface area contributed by atoms with Gasteiger partial charge in [0.15, 0.2) is 5.96 Å². The molecule has 0 spiro atoms. The number of hydrogen-bond acceptors (Lipinski definition) is 3. The van der Waals surface area contributed by atoms with Gasteiger partial charge in [-0.05, 0) is 37.5 Å². The number of nitrogens with zero attached hydrogens (tertiary/aromatic N) is 2. The van der Waals surface area contributed by atoms with Gasteiger partial charge in [0, 0.05) is 30.1 Å². The minimum absolute atomic E-state index is 0.0864. The summed E-state index contributed by atoms with van der Waals surface area (Å²) in [7, 11) is 1.77. The minimum atomic E-state index is -0.183. The minimum Gasteiger partial charge on any atom is -0.356 e. The summed E-state index contributed by atoms with van der Waals surface area (Å²) in [4.78, 5) is 9.85. The quantitative estimate of drug-likeness (QED) is 0.645. The highest BCUT2D eigenvalue weighted by Gasteiger charge is 2.38. The molecule has 0 aliphatic heterocycles. The Hall–Kier alpha value is -1.95. The van der Waals surface area contributed by atoms with Crippen molar-refractivity contribution < 1.29 is 4.39 Å². The first-order valence-electron chi connectivity index (χ1n) is 8.23. The molecule has 0 amide bonds. The zero-order valence-electron chi connectivity index (χ0n) is 14.1. The molecule has 0 radical (unpaired) electrons. The molecule has 1 aromatic carbocycles. The van der Waals surface area contributed by atoms with Gasteiger partial charge in [0.05, 0.1) is 6.54 Å². The number of benzene rings is 1. The standard InChI is InChI=1S/C18H23FN4S/c1-13-10-21-16(24-13)11-22-17(20-2)23-12-18(8-3-9-18)14-4-6-15(19)7-5-14/h4-7,10H,3,8-9,11-12H2,1-2H3,(H2,20,22,23). The molecule has 0 saturated heterocycles. The average molecular weight is 346 g/mol. The van der Waals surface area contributed by atoms with Gasteiger partial charge in [-0.3, -0.25) is 4.99 Å². The number of guanidine groups is 1. The molecule has 1 fully saturated rings. The smallest absolute Gasteiger partial charge is 0.191 e. The molecule has 0 atom stereocenters. The Labute approximate surface area is 146 Å². The third kappa shape index (κ3) is 3.75. The van der Waals surface area contributed by atoms with Gasteiger partial charge in [-0.1, -0.05) is 18.6 Å². The van der Waals surface area contributed by atoms with E-state index in [1.807, 2.05) is 18.3 Å². The van der Waals surface area contributed by atoms with Crippen molar-refractivity contribution in [1.29, 1.82) is 0 Å². The van der Waals surface area contributed by atoms with E-state index in [0.29, 0.717) is 6.54 Å². The normalized spacial score (nSPS) is 16.5. The molecule has 6 heteroatoms. The predicted molar refractivity (Wildman–Crippen MR) is 97.0 cm³/mol. The fourth-order valence-corrected chi connectivity index (χ4v) is 3.82. The van der Waals surface area contributed by atoms with Gasteiger partial charge < -0.3 is 10.6 Å². The van der Waals surface area contributed by atoms with Crippen molar-refractivity contribution in [1.82, 2.24) is 15.6 Å². The van der Waals surface area contributed by atoms with Crippen LogP contribution in [0.5, 0.6) is 0 Å². The Morgan fingerprint density at radius 3 is 2.58 bits per heavy atom. The van der Waals surface area contributed by atoms with Gasteiger partial charge in [-0.15, -0.1) is 11.3 Å². The van der Waals surface area contributed by atoms with Crippen LogP contribution < -0.4 is 10.6 Å². The molecule has 24 heavy (non-hydrogen) atoms. The summed E-state index contributed by atoms with van der Waals surface area (Å²) in [6.07, 6.45) is 5.34. The van der Waals surface area contributed by atoms with E-state index in [0.717, 1.165) is 30.4 Å². The number of aliphatic imine (C=N–C) groups is 1. The van der Waals surface area contributed by atoms with Crippen LogP contribution in [0.1, 0.15) is 34.7 Å². The Balaban J connectivity index is 1.58. The largest absolute Gasteiger partial charge is 0.356 e. The highest BCUT2D eigenvalue weighted by Crippen LogP contribution is 2.43. The van der Waals surface area contributed by atoms with E-state index >= 15 is 0 Å². The topological polar surface area (TPSA) is 49.3 Å². The molecule has 2 aromatic rings. The molecule has 1 aliphatic rings. The molecular formula is C18H23FN4S. The van der Waals surface area contributed by atoms with Crippen LogP contribution in [-0.4, -0.2) is 24.5 Å². The van der Waals surface area contributed by atoms with Crippen LogP contribution in [0, 0.1) is 12.7 Å². The lowest BCUT2D eigenvalue weighted by Gasteiger charge is -2.43. The van der Waals surface area contributed by atoms with Crippen LogP contribution >= 0.6 is 11.3 Å². The van der Waals surface area contributed by atoms with Gasteiger partial charge >= 0.3 is 0 Å². The Kier molecular flexibility index (Phi) is 5.14. The van der Waals surface area contributed by atoms with E-state index in [4.69, 9.17) is 0 Å². The van der Waals surface area contributed by atoms with Gasteiger partial charge in [0.2, 0.25) is 0 Å². The lowest BCUT2D eigenvalue weighted by molar-refractivity contribution is 0.243. The van der Waals surface area contributed by atoms with Crippen molar-refractivity contribution in [2.24, 2.45) is 4.99 Å². The summed E-state index contributed by atoms with van der Waals surface area (Å²) < 4.78 is 13.2. The molecule has 1 aliphatic carbocycles. The number of rotatable bonds is 5. The van der Waals surface area contributed by atoms with Crippen LogP contribution in [-0.2, 0) is 12.0 Å². The maximum absolute atomic E-state index is 13.2. The summed E-state index contributed by atoms with van der Waals surface area (Å²) in [6, 6.07) is 6.91. The second-order valence-corrected chi connectivity index (χ2v) is 7.60. The molecule has 2 N–H and O–H groups in total. The van der Waals surface area contributed by atoms with Gasteiger partial charge in [-0.25, -0.2) is 9.37 Å². The fourth-order valence-electron chi connectivity index (χ4n) is 3.09. The number of thiazole rings is 1. The maximum Gasteiger partial charge on any atom is 0.191 e. The zero-order valence-corrected chi connectivity index (χ0v) is 14.9. The first-order valence-corrected chi connectivity index (χ1v) is 9.05. The monoisotopic (exact) mass is 346 g/mol. The van der Waals surface area contributed by atoms with E-state index in [9.17, 15) is 4.39 Å². The molecule has 1 saturated carbocycles. The van der Waals surface area contributed by atoms with E-state index in [1.54, 1.807) is 30.5 Å². The molecule has 128 valence electrons. The molecule has 1 aromatic heterocycles. The van der Waals surface area contributed by atoms with Crippen molar-refractivity contribution >= 4 is 17.3 Å². The molecule has 0 unspecified atom stereocenters. The second kappa shape index (κ2) is 7.30. The Bertz CT molecular complexity index is 704. The summed E-state index contributed by atoms with van der Waals surface area (Å²) >= 11 is 1.69. The Morgan fingerprint density at radius 2 is 2.04 bits per heavy atom. The van der Waals surface area contributed by atoms with E-state index in [1.165, 1.54) is 16.9 Å². The number of aromatic nitrogens is 1. The fraction of sp³-hybridized carbons (Fsp3) is 0.444. The summed E-state index contributed by atoms with van der Waals surface area (Å²) in [5.41, 5.74) is 1.29. The number of aryl methyl sites for hydroxylation is 1. The number of halogens is 1. The van der Waals surface area contributed by atoms with Crippen LogP contribution in [0.3, 0.4) is 0 Å².